The molecule has 6 heteroatoms. The molecule has 124 valence electrons. The van der Waals surface area contributed by atoms with Crippen molar-refractivity contribution in [3.63, 3.8) is 0 Å². The summed E-state index contributed by atoms with van der Waals surface area (Å²) in [5.74, 6) is 0.363. The van der Waals surface area contributed by atoms with E-state index in [1.54, 1.807) is 0 Å². The smallest absolute Gasteiger partial charge is 0.224 e. The van der Waals surface area contributed by atoms with Gasteiger partial charge in [0, 0.05) is 31.4 Å². The van der Waals surface area contributed by atoms with Crippen LogP contribution in [0.5, 0.6) is 0 Å². The van der Waals surface area contributed by atoms with Crippen molar-refractivity contribution in [3.8, 4) is 0 Å². The van der Waals surface area contributed by atoms with Gasteiger partial charge in [-0.15, -0.1) is 24.8 Å². The van der Waals surface area contributed by atoms with E-state index >= 15 is 0 Å². The van der Waals surface area contributed by atoms with Crippen LogP contribution < -0.4 is 15.5 Å². The summed E-state index contributed by atoms with van der Waals surface area (Å²) in [6, 6.07) is 8.91. The molecule has 0 aliphatic carbocycles. The Bertz CT molecular complexity index is 492. The molecule has 1 aromatic rings. The molecule has 1 saturated heterocycles. The average Bonchev–Trinajstić information content (AvgIpc) is 3.13. The fraction of sp³-hybridized carbons (Fsp3) is 0.562. The lowest BCUT2D eigenvalue weighted by atomic mass is 10.1. The van der Waals surface area contributed by atoms with Gasteiger partial charge in [-0.25, -0.2) is 0 Å². The molecular weight excluding hydrogens is 321 g/mol. The van der Waals surface area contributed by atoms with Crippen LogP contribution in [-0.4, -0.2) is 38.1 Å². The monoisotopic (exact) mass is 345 g/mol. The Labute approximate surface area is 144 Å². The lowest BCUT2D eigenvalue weighted by Crippen LogP contribution is -2.43. The molecule has 22 heavy (non-hydrogen) atoms. The highest BCUT2D eigenvalue weighted by Gasteiger charge is 2.25. The van der Waals surface area contributed by atoms with Gasteiger partial charge in [-0.2, -0.15) is 0 Å². The normalized spacial score (nSPS) is 20.6. The average molecular weight is 346 g/mol. The summed E-state index contributed by atoms with van der Waals surface area (Å²) in [6.07, 6.45) is 2.08. The summed E-state index contributed by atoms with van der Waals surface area (Å²) in [4.78, 5) is 14.4. The first-order valence-electron chi connectivity index (χ1n) is 7.58. The van der Waals surface area contributed by atoms with Crippen LogP contribution in [0.25, 0.3) is 0 Å². The SMILES string of the molecule is CC(CNC(=O)C1CCNC1)N1CCc2ccccc21.Cl.Cl. The number of rotatable bonds is 4. The zero-order valence-electron chi connectivity index (χ0n) is 12.9. The first kappa shape index (κ1) is 19.1. The summed E-state index contributed by atoms with van der Waals surface area (Å²) in [7, 11) is 0. The van der Waals surface area contributed by atoms with Crippen molar-refractivity contribution in [2.45, 2.75) is 25.8 Å². The number of benzene rings is 1. The highest BCUT2D eigenvalue weighted by Crippen LogP contribution is 2.28. The Hall–Kier alpha value is -0.970. The number of halogens is 2. The Morgan fingerprint density at radius 3 is 2.91 bits per heavy atom. The molecular formula is C16H25Cl2N3O. The van der Waals surface area contributed by atoms with Gasteiger partial charge >= 0.3 is 0 Å². The van der Waals surface area contributed by atoms with E-state index in [-0.39, 0.29) is 36.6 Å². The van der Waals surface area contributed by atoms with Gasteiger partial charge in [-0.3, -0.25) is 4.79 Å². The number of amides is 1. The number of nitrogens with zero attached hydrogens (tertiary/aromatic N) is 1. The summed E-state index contributed by atoms with van der Waals surface area (Å²) in [5, 5.41) is 6.35. The fourth-order valence-electron chi connectivity index (χ4n) is 3.20. The number of anilines is 1. The van der Waals surface area contributed by atoms with E-state index in [1.807, 2.05) is 0 Å². The summed E-state index contributed by atoms with van der Waals surface area (Å²) in [5.41, 5.74) is 2.75. The minimum atomic E-state index is 0. The molecule has 0 radical (unpaired) electrons. The van der Waals surface area contributed by atoms with Crippen LogP contribution in [0.3, 0.4) is 0 Å². The van der Waals surface area contributed by atoms with E-state index in [0.29, 0.717) is 6.04 Å². The molecule has 0 bridgehead atoms. The van der Waals surface area contributed by atoms with Crippen LogP contribution in [0, 0.1) is 5.92 Å². The predicted octanol–water partition coefficient (Wildman–Crippen LogP) is 2.01. The van der Waals surface area contributed by atoms with Crippen LogP contribution in [0.1, 0.15) is 18.9 Å². The van der Waals surface area contributed by atoms with Crippen molar-refractivity contribution < 1.29 is 4.79 Å². The first-order valence-corrected chi connectivity index (χ1v) is 7.58. The Morgan fingerprint density at radius 1 is 1.41 bits per heavy atom. The van der Waals surface area contributed by atoms with Crippen molar-refractivity contribution in [1.82, 2.24) is 10.6 Å². The molecule has 0 aromatic heterocycles. The molecule has 1 aromatic carbocycles. The number of hydrogen-bond donors (Lipinski definition) is 2. The van der Waals surface area contributed by atoms with Gasteiger partial charge in [0.25, 0.3) is 0 Å². The van der Waals surface area contributed by atoms with Gasteiger partial charge in [0.15, 0.2) is 0 Å². The molecule has 3 rings (SSSR count). The van der Waals surface area contributed by atoms with Crippen LogP contribution >= 0.6 is 24.8 Å². The van der Waals surface area contributed by atoms with Crippen LogP contribution in [-0.2, 0) is 11.2 Å². The number of carbonyl (C=O) groups excluding carboxylic acids is 1. The lowest BCUT2D eigenvalue weighted by molar-refractivity contribution is -0.124. The predicted molar refractivity (Wildman–Crippen MR) is 95.4 cm³/mol. The fourth-order valence-corrected chi connectivity index (χ4v) is 3.20. The number of para-hydroxylation sites is 1. The summed E-state index contributed by atoms with van der Waals surface area (Å²) in [6.45, 7) is 5.76. The molecule has 2 aliphatic heterocycles. The molecule has 1 fully saturated rings. The molecule has 2 unspecified atom stereocenters. The third-order valence-electron chi connectivity index (χ3n) is 4.46. The topological polar surface area (TPSA) is 44.4 Å². The van der Waals surface area contributed by atoms with Gasteiger partial charge < -0.3 is 15.5 Å². The van der Waals surface area contributed by atoms with Crippen LogP contribution in [0.15, 0.2) is 24.3 Å². The number of nitrogens with one attached hydrogen (secondary N) is 2. The quantitative estimate of drug-likeness (QED) is 0.877. The zero-order chi connectivity index (χ0) is 13.9. The van der Waals surface area contributed by atoms with Crippen molar-refractivity contribution in [2.24, 2.45) is 5.92 Å². The lowest BCUT2D eigenvalue weighted by Gasteiger charge is -2.28. The second-order valence-electron chi connectivity index (χ2n) is 5.86. The van der Waals surface area contributed by atoms with Gasteiger partial charge in [0.05, 0.1) is 5.92 Å². The molecule has 4 nitrogen and oxygen atoms in total. The molecule has 0 spiro atoms. The van der Waals surface area contributed by atoms with Gasteiger partial charge in [-0.05, 0) is 37.9 Å². The minimum absolute atomic E-state index is 0. The van der Waals surface area contributed by atoms with Crippen molar-refractivity contribution >= 4 is 36.4 Å². The van der Waals surface area contributed by atoms with E-state index in [4.69, 9.17) is 0 Å². The highest BCUT2D eigenvalue weighted by atomic mass is 35.5. The first-order chi connectivity index (χ1) is 9.75. The van der Waals surface area contributed by atoms with E-state index in [2.05, 4.69) is 46.7 Å². The van der Waals surface area contributed by atoms with Crippen molar-refractivity contribution in [2.75, 3.05) is 31.1 Å². The third kappa shape index (κ3) is 4.06. The largest absolute Gasteiger partial charge is 0.366 e. The molecule has 2 aliphatic rings. The molecule has 2 N–H and O–H groups in total. The van der Waals surface area contributed by atoms with E-state index in [9.17, 15) is 4.79 Å². The highest BCUT2D eigenvalue weighted by molar-refractivity contribution is 5.85. The van der Waals surface area contributed by atoms with Crippen LogP contribution in [0.2, 0.25) is 0 Å². The number of hydrogen-bond acceptors (Lipinski definition) is 3. The molecule has 2 atom stereocenters. The van der Waals surface area contributed by atoms with Gasteiger partial charge in [0.2, 0.25) is 5.91 Å². The second-order valence-corrected chi connectivity index (χ2v) is 5.86. The molecule has 1 amide bonds. The summed E-state index contributed by atoms with van der Waals surface area (Å²) >= 11 is 0. The second kappa shape index (κ2) is 8.61. The van der Waals surface area contributed by atoms with Crippen molar-refractivity contribution in [1.29, 1.82) is 0 Å². The van der Waals surface area contributed by atoms with Crippen molar-refractivity contribution in [3.05, 3.63) is 29.8 Å². The Kier molecular flexibility index (Phi) is 7.46. The molecule has 2 heterocycles. The third-order valence-corrected chi connectivity index (χ3v) is 4.46. The van der Waals surface area contributed by atoms with Gasteiger partial charge in [0.1, 0.15) is 0 Å². The zero-order valence-corrected chi connectivity index (χ0v) is 14.5. The van der Waals surface area contributed by atoms with Gasteiger partial charge in [-0.1, -0.05) is 18.2 Å². The number of carbonyl (C=O) groups is 1. The Balaban J connectivity index is 0.00000121. The maximum Gasteiger partial charge on any atom is 0.224 e. The van der Waals surface area contributed by atoms with E-state index in [0.717, 1.165) is 39.0 Å². The standard InChI is InChI=1S/C16H23N3O.2ClH/c1-12(10-18-16(20)14-6-8-17-11-14)19-9-7-13-4-2-3-5-15(13)19;;/h2-5,12,14,17H,6-11H2,1H3,(H,18,20);2*1H. The van der Waals surface area contributed by atoms with E-state index in [1.165, 1.54) is 11.3 Å². The maximum absolute atomic E-state index is 12.0. The summed E-state index contributed by atoms with van der Waals surface area (Å²) < 4.78 is 0. The minimum Gasteiger partial charge on any atom is -0.366 e. The Morgan fingerprint density at radius 2 is 2.18 bits per heavy atom. The molecule has 0 saturated carbocycles. The number of fused-ring (bicyclic) bond motifs is 1. The van der Waals surface area contributed by atoms with E-state index < -0.39 is 0 Å². The maximum atomic E-state index is 12.0. The van der Waals surface area contributed by atoms with Crippen LogP contribution in [0.4, 0.5) is 5.69 Å².